The molecule has 1 amide bonds. The second kappa shape index (κ2) is 12.8. The van der Waals surface area contributed by atoms with E-state index >= 15 is 0 Å². The van der Waals surface area contributed by atoms with Crippen molar-refractivity contribution in [2.75, 3.05) is 36.4 Å². The number of aryl methyl sites for hydroxylation is 1. The van der Waals surface area contributed by atoms with Gasteiger partial charge in [-0.15, -0.1) is 24.0 Å². The summed E-state index contributed by atoms with van der Waals surface area (Å²) in [6.07, 6.45) is 2.67. The van der Waals surface area contributed by atoms with Gasteiger partial charge in [-0.3, -0.25) is 9.79 Å². The van der Waals surface area contributed by atoms with Crippen LogP contribution in [0, 0.1) is 12.7 Å². The predicted molar refractivity (Wildman–Crippen MR) is 139 cm³/mol. The summed E-state index contributed by atoms with van der Waals surface area (Å²) in [4.78, 5) is 22.8. The molecule has 2 heterocycles. The number of pyridine rings is 1. The van der Waals surface area contributed by atoms with Crippen molar-refractivity contribution in [3.63, 3.8) is 0 Å². The maximum absolute atomic E-state index is 14.0. The van der Waals surface area contributed by atoms with E-state index in [-0.39, 0.29) is 48.2 Å². The Morgan fingerprint density at radius 3 is 2.91 bits per heavy atom. The molecule has 1 aromatic carbocycles. The van der Waals surface area contributed by atoms with Gasteiger partial charge in [0.2, 0.25) is 5.91 Å². The highest BCUT2D eigenvalue weighted by Gasteiger charge is 2.25. The number of carbonyl (C=O) groups is 1. The molecule has 3 rings (SSSR count). The van der Waals surface area contributed by atoms with E-state index in [1.807, 2.05) is 30.9 Å². The van der Waals surface area contributed by atoms with Crippen molar-refractivity contribution in [1.82, 2.24) is 15.6 Å². The molecule has 0 spiro atoms. The molecule has 0 saturated carbocycles. The van der Waals surface area contributed by atoms with Crippen molar-refractivity contribution < 1.29 is 9.18 Å². The molecule has 1 fully saturated rings. The summed E-state index contributed by atoms with van der Waals surface area (Å²) in [5.41, 5.74) is 1.63. The lowest BCUT2D eigenvalue weighted by atomic mass is 10.2. The third-order valence-corrected chi connectivity index (χ3v) is 5.23. The minimum absolute atomic E-state index is 0. The van der Waals surface area contributed by atoms with Crippen LogP contribution in [0.1, 0.15) is 25.3 Å². The van der Waals surface area contributed by atoms with E-state index in [4.69, 9.17) is 11.6 Å². The smallest absolute Gasteiger partial charge is 0.226 e. The second-order valence-corrected chi connectivity index (χ2v) is 7.83. The molecule has 1 aromatic heterocycles. The summed E-state index contributed by atoms with van der Waals surface area (Å²) in [7, 11) is 0. The zero-order valence-electron chi connectivity index (χ0n) is 18.2. The van der Waals surface area contributed by atoms with Crippen LogP contribution in [0.25, 0.3) is 0 Å². The monoisotopic (exact) mass is 574 g/mol. The molecule has 1 aliphatic rings. The van der Waals surface area contributed by atoms with Gasteiger partial charge in [0, 0.05) is 38.3 Å². The number of aliphatic imine (C=N–C) groups is 1. The maximum Gasteiger partial charge on any atom is 0.226 e. The number of nitrogens with one attached hydrogen (secondary N) is 3. The SMILES string of the molecule is CCNC(=NCCC(=O)Nc1ccc(C)cc1Cl)NC1CCN(c2ncccc2F)C1.I. The minimum atomic E-state index is -0.316. The maximum atomic E-state index is 14.0. The first kappa shape index (κ1) is 26.1. The molecule has 0 aliphatic carbocycles. The van der Waals surface area contributed by atoms with Crippen LogP contribution in [0.5, 0.6) is 0 Å². The van der Waals surface area contributed by atoms with E-state index in [0.717, 1.165) is 12.0 Å². The van der Waals surface area contributed by atoms with E-state index < -0.39 is 0 Å². The molecule has 174 valence electrons. The second-order valence-electron chi connectivity index (χ2n) is 7.43. The summed E-state index contributed by atoms with van der Waals surface area (Å²) >= 11 is 6.17. The standard InChI is InChI=1S/C22H28ClFN6O.HI/c1-3-25-22(27-11-8-20(31)29-19-7-6-15(2)13-17(19)23)28-16-9-12-30(14-16)21-18(24)5-4-10-26-21;/h4-7,10,13,16H,3,8-9,11-12,14H2,1-2H3,(H,29,31)(H2,25,27,28);1H. The molecule has 32 heavy (non-hydrogen) atoms. The Morgan fingerprint density at radius 2 is 2.19 bits per heavy atom. The molecule has 0 bridgehead atoms. The average Bonchev–Trinajstić information content (AvgIpc) is 3.19. The third kappa shape index (κ3) is 7.47. The first-order valence-electron chi connectivity index (χ1n) is 10.4. The average molecular weight is 575 g/mol. The van der Waals surface area contributed by atoms with Gasteiger partial charge in [-0.1, -0.05) is 17.7 Å². The van der Waals surface area contributed by atoms with Crippen molar-refractivity contribution >= 4 is 58.9 Å². The molecule has 1 unspecified atom stereocenters. The van der Waals surface area contributed by atoms with Crippen molar-refractivity contribution in [3.8, 4) is 0 Å². The summed E-state index contributed by atoms with van der Waals surface area (Å²) in [5.74, 6) is 0.545. The Hall–Kier alpha value is -2.14. The number of carbonyl (C=O) groups excluding carboxylic acids is 1. The zero-order chi connectivity index (χ0) is 22.2. The molecule has 1 aliphatic heterocycles. The van der Waals surface area contributed by atoms with Crippen molar-refractivity contribution in [1.29, 1.82) is 0 Å². The van der Waals surface area contributed by atoms with Crippen LogP contribution in [-0.4, -0.2) is 49.1 Å². The molecule has 7 nitrogen and oxygen atoms in total. The number of aromatic nitrogens is 1. The number of hydrogen-bond acceptors (Lipinski definition) is 4. The van der Waals surface area contributed by atoms with Crippen LogP contribution in [-0.2, 0) is 4.79 Å². The Labute approximate surface area is 210 Å². The normalized spacial score (nSPS) is 15.8. The van der Waals surface area contributed by atoms with Crippen LogP contribution in [0.15, 0.2) is 41.5 Å². The predicted octanol–water partition coefficient (Wildman–Crippen LogP) is 3.96. The Kier molecular flexibility index (Phi) is 10.4. The van der Waals surface area contributed by atoms with E-state index in [2.05, 4.69) is 25.9 Å². The number of anilines is 2. The first-order valence-corrected chi connectivity index (χ1v) is 10.8. The number of halogens is 3. The van der Waals surface area contributed by atoms with Gasteiger partial charge in [0.05, 0.1) is 17.3 Å². The lowest BCUT2D eigenvalue weighted by Crippen LogP contribution is -2.44. The lowest BCUT2D eigenvalue weighted by molar-refractivity contribution is -0.116. The summed E-state index contributed by atoms with van der Waals surface area (Å²) in [6.45, 7) is 6.29. The van der Waals surface area contributed by atoms with Gasteiger partial charge in [0.1, 0.15) is 0 Å². The van der Waals surface area contributed by atoms with E-state index in [9.17, 15) is 9.18 Å². The van der Waals surface area contributed by atoms with Crippen molar-refractivity contribution in [3.05, 3.63) is 52.9 Å². The van der Waals surface area contributed by atoms with E-state index in [0.29, 0.717) is 48.7 Å². The van der Waals surface area contributed by atoms with Crippen LogP contribution < -0.4 is 20.9 Å². The van der Waals surface area contributed by atoms with Gasteiger partial charge in [-0.05, 0) is 50.1 Å². The van der Waals surface area contributed by atoms with Gasteiger partial charge in [-0.25, -0.2) is 9.37 Å². The Bertz CT molecular complexity index is 944. The number of guanidine groups is 1. The first-order chi connectivity index (χ1) is 15.0. The number of benzene rings is 1. The fourth-order valence-electron chi connectivity index (χ4n) is 3.40. The van der Waals surface area contributed by atoms with E-state index in [1.165, 1.54) is 6.07 Å². The fourth-order valence-corrected chi connectivity index (χ4v) is 3.68. The van der Waals surface area contributed by atoms with Crippen LogP contribution in [0.2, 0.25) is 5.02 Å². The number of hydrogen-bond donors (Lipinski definition) is 3. The van der Waals surface area contributed by atoms with E-state index in [1.54, 1.807) is 18.3 Å². The molecule has 1 saturated heterocycles. The highest BCUT2D eigenvalue weighted by Crippen LogP contribution is 2.23. The summed E-state index contributed by atoms with van der Waals surface area (Å²) in [6, 6.07) is 8.62. The molecule has 1 atom stereocenters. The Balaban J connectivity index is 0.00000363. The van der Waals surface area contributed by atoms with Gasteiger partial charge in [0.25, 0.3) is 0 Å². The topological polar surface area (TPSA) is 81.6 Å². The summed E-state index contributed by atoms with van der Waals surface area (Å²) in [5, 5.41) is 9.89. The van der Waals surface area contributed by atoms with Crippen molar-refractivity contribution in [2.24, 2.45) is 4.99 Å². The largest absolute Gasteiger partial charge is 0.357 e. The van der Waals surface area contributed by atoms with Crippen LogP contribution >= 0.6 is 35.6 Å². The van der Waals surface area contributed by atoms with Gasteiger partial charge in [0.15, 0.2) is 17.6 Å². The fraction of sp³-hybridized carbons (Fsp3) is 0.409. The highest BCUT2D eigenvalue weighted by molar-refractivity contribution is 14.0. The van der Waals surface area contributed by atoms with Gasteiger partial charge >= 0.3 is 0 Å². The molecule has 2 aromatic rings. The van der Waals surface area contributed by atoms with Crippen LogP contribution in [0.4, 0.5) is 15.9 Å². The quantitative estimate of drug-likeness (QED) is 0.265. The van der Waals surface area contributed by atoms with Crippen LogP contribution in [0.3, 0.4) is 0 Å². The van der Waals surface area contributed by atoms with Gasteiger partial charge < -0.3 is 20.9 Å². The number of rotatable bonds is 7. The van der Waals surface area contributed by atoms with Gasteiger partial charge in [-0.2, -0.15) is 0 Å². The summed E-state index contributed by atoms with van der Waals surface area (Å²) < 4.78 is 14.0. The number of amides is 1. The highest BCUT2D eigenvalue weighted by atomic mass is 127. The minimum Gasteiger partial charge on any atom is -0.357 e. The zero-order valence-corrected chi connectivity index (χ0v) is 21.3. The molecule has 3 N–H and O–H groups in total. The molecule has 0 radical (unpaired) electrons. The molecule has 10 heteroatoms. The molecular weight excluding hydrogens is 546 g/mol. The third-order valence-electron chi connectivity index (χ3n) is 4.92. The number of nitrogens with zero attached hydrogens (tertiary/aromatic N) is 3. The Morgan fingerprint density at radius 1 is 1.38 bits per heavy atom. The molecular formula is C22H29ClFIN6O. The van der Waals surface area contributed by atoms with Crippen molar-refractivity contribution in [2.45, 2.75) is 32.7 Å². The lowest BCUT2D eigenvalue weighted by Gasteiger charge is -2.19.